The van der Waals surface area contributed by atoms with E-state index >= 15 is 0 Å². The van der Waals surface area contributed by atoms with Gasteiger partial charge in [0.1, 0.15) is 12.1 Å². The van der Waals surface area contributed by atoms with Crippen molar-refractivity contribution in [1.29, 1.82) is 0 Å². The summed E-state index contributed by atoms with van der Waals surface area (Å²) in [5, 5.41) is 8.88. The molecule has 1 aromatic carbocycles. The van der Waals surface area contributed by atoms with Gasteiger partial charge in [0.15, 0.2) is 5.16 Å². The monoisotopic (exact) mass is 360 g/mol. The van der Waals surface area contributed by atoms with Crippen LogP contribution in [0, 0.1) is 0 Å². The number of ether oxygens (including phenoxy) is 1. The Labute approximate surface area is 152 Å². The molecule has 0 N–H and O–H groups in total. The summed E-state index contributed by atoms with van der Waals surface area (Å²) in [5.41, 5.74) is 0.870. The van der Waals surface area contributed by atoms with Crippen molar-refractivity contribution in [3.8, 4) is 11.4 Å². The molecule has 0 unspecified atom stereocenters. The van der Waals surface area contributed by atoms with Crippen LogP contribution in [0.2, 0.25) is 0 Å². The number of hydrogen-bond donors (Lipinski definition) is 0. The molecule has 134 valence electrons. The molecule has 1 saturated heterocycles. The molecular formula is C18H24N4O2S. The van der Waals surface area contributed by atoms with Crippen LogP contribution in [0.4, 0.5) is 0 Å². The normalized spacial score (nSPS) is 17.5. The Balaban J connectivity index is 1.70. The quantitative estimate of drug-likeness (QED) is 0.741. The summed E-state index contributed by atoms with van der Waals surface area (Å²) >= 11 is 1.42. The number of nitrogens with zero attached hydrogens (tertiary/aromatic N) is 4. The topological polar surface area (TPSA) is 60.2 Å². The minimum absolute atomic E-state index is 0.186. The standard InChI is InChI=1S/C18H24N4O2S/c1-3-14-8-6-7-11-21(14)17(23)12-25-18-20-19-13-22(18)15-9-4-5-10-16(15)24-2/h4-5,9-10,13-14H,3,6-8,11-12H2,1-2H3/t14-/m1/s1. The van der Waals surface area contributed by atoms with E-state index in [-0.39, 0.29) is 5.91 Å². The zero-order chi connectivity index (χ0) is 17.6. The number of carbonyl (C=O) groups excluding carboxylic acids is 1. The van der Waals surface area contributed by atoms with E-state index in [2.05, 4.69) is 17.1 Å². The fraction of sp³-hybridized carbons (Fsp3) is 0.500. The van der Waals surface area contributed by atoms with Crippen LogP contribution in [0.1, 0.15) is 32.6 Å². The molecule has 1 fully saturated rings. The van der Waals surface area contributed by atoms with Crippen LogP contribution in [0.25, 0.3) is 5.69 Å². The highest BCUT2D eigenvalue weighted by Crippen LogP contribution is 2.27. The molecule has 3 rings (SSSR count). The van der Waals surface area contributed by atoms with Crippen molar-refractivity contribution in [3.63, 3.8) is 0 Å². The average molecular weight is 360 g/mol. The van der Waals surface area contributed by atoms with Gasteiger partial charge in [0, 0.05) is 12.6 Å². The van der Waals surface area contributed by atoms with Gasteiger partial charge in [0.25, 0.3) is 0 Å². The van der Waals surface area contributed by atoms with Crippen molar-refractivity contribution in [1.82, 2.24) is 19.7 Å². The van der Waals surface area contributed by atoms with Crippen molar-refractivity contribution in [2.24, 2.45) is 0 Å². The molecule has 0 saturated carbocycles. The molecule has 1 aromatic heterocycles. The van der Waals surface area contributed by atoms with Crippen LogP contribution in [0.5, 0.6) is 5.75 Å². The number of rotatable bonds is 6. The molecule has 2 aromatic rings. The molecule has 1 atom stereocenters. The number of likely N-dealkylation sites (tertiary alicyclic amines) is 1. The van der Waals surface area contributed by atoms with E-state index in [0.29, 0.717) is 17.0 Å². The van der Waals surface area contributed by atoms with Gasteiger partial charge in [-0.25, -0.2) is 0 Å². The first-order chi connectivity index (χ1) is 12.2. The first-order valence-corrected chi connectivity index (χ1v) is 9.68. The summed E-state index contributed by atoms with van der Waals surface area (Å²) in [6.07, 6.45) is 6.11. The second kappa shape index (κ2) is 8.38. The van der Waals surface area contributed by atoms with Gasteiger partial charge in [-0.2, -0.15) is 0 Å². The lowest BCUT2D eigenvalue weighted by Crippen LogP contribution is -2.44. The van der Waals surface area contributed by atoms with E-state index in [1.807, 2.05) is 33.7 Å². The van der Waals surface area contributed by atoms with Crippen LogP contribution in [0.3, 0.4) is 0 Å². The maximum absolute atomic E-state index is 12.7. The Bertz CT molecular complexity index is 719. The summed E-state index contributed by atoms with van der Waals surface area (Å²) in [5.74, 6) is 1.31. The summed E-state index contributed by atoms with van der Waals surface area (Å²) < 4.78 is 7.28. The Hall–Kier alpha value is -2.02. The third-order valence-electron chi connectivity index (χ3n) is 4.60. The molecule has 0 bridgehead atoms. The number of aromatic nitrogens is 3. The first kappa shape index (κ1) is 17.8. The summed E-state index contributed by atoms with van der Waals surface area (Å²) in [7, 11) is 1.64. The molecule has 25 heavy (non-hydrogen) atoms. The highest BCUT2D eigenvalue weighted by atomic mass is 32.2. The van der Waals surface area contributed by atoms with E-state index < -0.39 is 0 Å². The van der Waals surface area contributed by atoms with Gasteiger partial charge in [0.05, 0.1) is 18.6 Å². The predicted molar refractivity (Wildman–Crippen MR) is 98.3 cm³/mol. The number of amides is 1. The highest BCUT2D eigenvalue weighted by molar-refractivity contribution is 7.99. The van der Waals surface area contributed by atoms with E-state index in [1.165, 1.54) is 18.2 Å². The fourth-order valence-corrected chi connectivity index (χ4v) is 4.09. The third kappa shape index (κ3) is 3.98. The van der Waals surface area contributed by atoms with Gasteiger partial charge < -0.3 is 9.64 Å². The van der Waals surface area contributed by atoms with Crippen LogP contribution in [-0.4, -0.2) is 51.0 Å². The van der Waals surface area contributed by atoms with Gasteiger partial charge in [-0.15, -0.1) is 10.2 Å². The molecular weight excluding hydrogens is 336 g/mol. The number of methoxy groups -OCH3 is 1. The van der Waals surface area contributed by atoms with Crippen molar-refractivity contribution in [3.05, 3.63) is 30.6 Å². The summed E-state index contributed by atoms with van der Waals surface area (Å²) in [6, 6.07) is 8.09. The van der Waals surface area contributed by atoms with Crippen LogP contribution >= 0.6 is 11.8 Å². The van der Waals surface area contributed by atoms with Gasteiger partial charge in [-0.1, -0.05) is 30.8 Å². The molecule has 0 radical (unpaired) electrons. The minimum atomic E-state index is 0.186. The van der Waals surface area contributed by atoms with Crippen molar-refractivity contribution < 1.29 is 9.53 Å². The number of thioether (sulfide) groups is 1. The Morgan fingerprint density at radius 2 is 2.20 bits per heavy atom. The maximum Gasteiger partial charge on any atom is 0.233 e. The van der Waals surface area contributed by atoms with E-state index in [1.54, 1.807) is 13.4 Å². The Morgan fingerprint density at radius 1 is 1.36 bits per heavy atom. The van der Waals surface area contributed by atoms with Crippen LogP contribution < -0.4 is 4.74 Å². The number of para-hydroxylation sites is 2. The molecule has 0 spiro atoms. The molecule has 0 aliphatic carbocycles. The summed E-state index contributed by atoms with van der Waals surface area (Å²) in [6.45, 7) is 3.03. The Morgan fingerprint density at radius 3 is 3.00 bits per heavy atom. The maximum atomic E-state index is 12.7. The lowest BCUT2D eigenvalue weighted by atomic mass is 10.0. The van der Waals surface area contributed by atoms with E-state index in [9.17, 15) is 4.79 Å². The zero-order valence-corrected chi connectivity index (χ0v) is 15.5. The Kier molecular flexibility index (Phi) is 5.96. The SMILES string of the molecule is CC[C@@H]1CCCCN1C(=O)CSc1nncn1-c1ccccc1OC. The van der Waals surface area contributed by atoms with Gasteiger partial charge in [-0.3, -0.25) is 9.36 Å². The van der Waals surface area contributed by atoms with Crippen molar-refractivity contribution in [2.75, 3.05) is 19.4 Å². The number of benzene rings is 1. The molecule has 1 amide bonds. The van der Waals surface area contributed by atoms with E-state index in [4.69, 9.17) is 4.74 Å². The molecule has 7 heteroatoms. The minimum Gasteiger partial charge on any atom is -0.495 e. The molecule has 1 aliphatic heterocycles. The van der Waals surface area contributed by atoms with E-state index in [0.717, 1.165) is 37.2 Å². The van der Waals surface area contributed by atoms with Crippen molar-refractivity contribution >= 4 is 17.7 Å². The highest BCUT2D eigenvalue weighted by Gasteiger charge is 2.25. The number of piperidine rings is 1. The predicted octanol–water partition coefficient (Wildman–Crippen LogP) is 3.16. The second-order valence-electron chi connectivity index (χ2n) is 6.09. The van der Waals surface area contributed by atoms with Crippen LogP contribution in [0.15, 0.2) is 35.7 Å². The smallest absolute Gasteiger partial charge is 0.233 e. The molecule has 1 aliphatic rings. The summed E-state index contributed by atoms with van der Waals surface area (Å²) in [4.78, 5) is 14.7. The number of carbonyl (C=O) groups is 1. The zero-order valence-electron chi connectivity index (χ0n) is 14.7. The number of hydrogen-bond acceptors (Lipinski definition) is 5. The van der Waals surface area contributed by atoms with Crippen molar-refractivity contribution in [2.45, 2.75) is 43.8 Å². The lowest BCUT2D eigenvalue weighted by Gasteiger charge is -2.35. The fourth-order valence-electron chi connectivity index (χ4n) is 3.28. The van der Waals surface area contributed by atoms with Gasteiger partial charge in [0.2, 0.25) is 5.91 Å². The lowest BCUT2D eigenvalue weighted by molar-refractivity contribution is -0.132. The van der Waals surface area contributed by atoms with Gasteiger partial charge >= 0.3 is 0 Å². The first-order valence-electron chi connectivity index (χ1n) is 8.70. The second-order valence-corrected chi connectivity index (χ2v) is 7.03. The van der Waals surface area contributed by atoms with Crippen LogP contribution in [-0.2, 0) is 4.79 Å². The van der Waals surface area contributed by atoms with Gasteiger partial charge in [-0.05, 0) is 37.8 Å². The third-order valence-corrected chi connectivity index (χ3v) is 5.53. The molecule has 6 nitrogen and oxygen atoms in total. The largest absolute Gasteiger partial charge is 0.495 e. The molecule has 2 heterocycles. The average Bonchev–Trinajstić information content (AvgIpc) is 3.14.